The van der Waals surface area contributed by atoms with E-state index in [4.69, 9.17) is 4.74 Å². The summed E-state index contributed by atoms with van der Waals surface area (Å²) in [5.41, 5.74) is 0. The Kier molecular flexibility index (Phi) is 5.62. The Balaban J connectivity index is 2.17. The van der Waals surface area contributed by atoms with Crippen LogP contribution in [0.25, 0.3) is 0 Å². The molecule has 0 aromatic carbocycles. The number of methoxy groups -OCH3 is 1. The summed E-state index contributed by atoms with van der Waals surface area (Å²) in [4.78, 5) is 15.1. The van der Waals surface area contributed by atoms with E-state index in [-0.39, 0.29) is 6.04 Å². The van der Waals surface area contributed by atoms with Gasteiger partial charge in [-0.15, -0.1) is 0 Å². The molecule has 1 saturated carbocycles. The lowest BCUT2D eigenvalue weighted by Gasteiger charge is -2.36. The second-order valence-corrected chi connectivity index (χ2v) is 6.97. The molecule has 0 radical (unpaired) electrons. The summed E-state index contributed by atoms with van der Waals surface area (Å²) in [7, 11) is 1.77. The van der Waals surface area contributed by atoms with Crippen molar-refractivity contribution >= 4 is 5.78 Å². The second-order valence-electron chi connectivity index (χ2n) is 6.97. The highest BCUT2D eigenvalue weighted by atomic mass is 16.5. The van der Waals surface area contributed by atoms with Crippen LogP contribution in [0.15, 0.2) is 0 Å². The van der Waals surface area contributed by atoms with Crippen LogP contribution in [0, 0.1) is 17.8 Å². The van der Waals surface area contributed by atoms with Crippen LogP contribution in [0.5, 0.6) is 0 Å². The van der Waals surface area contributed by atoms with E-state index in [0.29, 0.717) is 29.6 Å². The average molecular weight is 281 g/mol. The summed E-state index contributed by atoms with van der Waals surface area (Å²) in [6, 6.07) is 0.616. The van der Waals surface area contributed by atoms with E-state index in [1.807, 2.05) is 0 Å². The molecule has 2 rings (SSSR count). The summed E-state index contributed by atoms with van der Waals surface area (Å²) in [5.74, 6) is 2.22. The van der Waals surface area contributed by atoms with Crippen molar-refractivity contribution < 1.29 is 9.53 Å². The number of nitrogens with zero attached hydrogens (tertiary/aromatic N) is 1. The fourth-order valence-corrected chi connectivity index (χ4v) is 4.56. The van der Waals surface area contributed by atoms with Crippen LogP contribution < -0.4 is 0 Å². The van der Waals surface area contributed by atoms with Crippen molar-refractivity contribution in [1.29, 1.82) is 0 Å². The van der Waals surface area contributed by atoms with Crippen LogP contribution in [0.2, 0.25) is 0 Å². The number of ketones is 1. The van der Waals surface area contributed by atoms with Gasteiger partial charge in [-0.3, -0.25) is 9.69 Å². The molecule has 2 fully saturated rings. The van der Waals surface area contributed by atoms with Crippen molar-refractivity contribution in [3.63, 3.8) is 0 Å². The Morgan fingerprint density at radius 1 is 1.40 bits per heavy atom. The summed E-state index contributed by atoms with van der Waals surface area (Å²) in [5, 5.41) is 0. The van der Waals surface area contributed by atoms with E-state index in [2.05, 4.69) is 25.7 Å². The van der Waals surface area contributed by atoms with Crippen LogP contribution in [0.1, 0.15) is 52.9 Å². The Labute approximate surface area is 124 Å². The first-order valence-corrected chi connectivity index (χ1v) is 8.37. The van der Waals surface area contributed by atoms with Crippen molar-refractivity contribution in [2.45, 2.75) is 65.0 Å². The quantitative estimate of drug-likeness (QED) is 0.749. The first kappa shape index (κ1) is 16.0. The number of carbonyl (C=O) groups excluding carboxylic acids is 1. The third-order valence-corrected chi connectivity index (χ3v) is 5.27. The zero-order valence-corrected chi connectivity index (χ0v) is 13.6. The van der Waals surface area contributed by atoms with Crippen LogP contribution >= 0.6 is 0 Å². The largest absolute Gasteiger partial charge is 0.383 e. The number of ether oxygens (including phenoxy) is 1. The molecule has 0 spiro atoms. The maximum absolute atomic E-state index is 12.6. The summed E-state index contributed by atoms with van der Waals surface area (Å²) >= 11 is 0. The molecule has 0 aromatic rings. The van der Waals surface area contributed by atoms with Gasteiger partial charge >= 0.3 is 0 Å². The number of hydrogen-bond donors (Lipinski definition) is 0. The molecule has 3 heteroatoms. The van der Waals surface area contributed by atoms with Crippen molar-refractivity contribution in [3.05, 3.63) is 0 Å². The Morgan fingerprint density at radius 3 is 2.75 bits per heavy atom. The number of rotatable bonds is 6. The van der Waals surface area contributed by atoms with E-state index in [9.17, 15) is 4.79 Å². The van der Waals surface area contributed by atoms with Gasteiger partial charge in [-0.25, -0.2) is 0 Å². The van der Waals surface area contributed by atoms with Gasteiger partial charge in [0.2, 0.25) is 0 Å². The lowest BCUT2D eigenvalue weighted by molar-refractivity contribution is -0.123. The van der Waals surface area contributed by atoms with E-state index in [0.717, 1.165) is 19.6 Å². The molecule has 1 aliphatic heterocycles. The molecule has 1 heterocycles. The summed E-state index contributed by atoms with van der Waals surface area (Å²) in [6.07, 6.45) is 5.59. The predicted molar refractivity (Wildman–Crippen MR) is 81.7 cm³/mol. The third kappa shape index (κ3) is 3.09. The van der Waals surface area contributed by atoms with Gasteiger partial charge in [0.15, 0.2) is 5.78 Å². The fraction of sp³-hybridized carbons (Fsp3) is 0.941. The molecule has 20 heavy (non-hydrogen) atoms. The highest BCUT2D eigenvalue weighted by Crippen LogP contribution is 2.42. The maximum Gasteiger partial charge on any atom is 0.150 e. The second kappa shape index (κ2) is 7.04. The Bertz CT molecular complexity index is 329. The molecule has 0 unspecified atom stereocenters. The molecule has 1 aliphatic carbocycles. The molecule has 116 valence electrons. The van der Waals surface area contributed by atoms with Gasteiger partial charge in [0, 0.05) is 19.6 Å². The number of likely N-dealkylation sites (tertiary alicyclic amines) is 1. The zero-order chi connectivity index (χ0) is 14.7. The van der Waals surface area contributed by atoms with Gasteiger partial charge < -0.3 is 4.74 Å². The van der Waals surface area contributed by atoms with Crippen LogP contribution in [0.3, 0.4) is 0 Å². The molecule has 0 amide bonds. The average Bonchev–Trinajstić information content (AvgIpc) is 2.94. The Morgan fingerprint density at radius 2 is 2.15 bits per heavy atom. The minimum absolute atomic E-state index is 0.161. The lowest BCUT2D eigenvalue weighted by Crippen LogP contribution is -2.48. The molecular formula is C17H31NO2. The number of carbonyl (C=O) groups is 1. The van der Waals surface area contributed by atoms with Gasteiger partial charge in [-0.2, -0.15) is 0 Å². The minimum atomic E-state index is 0.161. The molecule has 2 aliphatic rings. The first-order valence-electron chi connectivity index (χ1n) is 8.37. The molecule has 4 atom stereocenters. The van der Waals surface area contributed by atoms with Crippen molar-refractivity contribution in [1.82, 2.24) is 4.90 Å². The van der Waals surface area contributed by atoms with Crippen molar-refractivity contribution in [2.75, 3.05) is 20.3 Å². The van der Waals surface area contributed by atoms with Gasteiger partial charge in [0.25, 0.3) is 0 Å². The summed E-state index contributed by atoms with van der Waals surface area (Å²) in [6.45, 7) is 8.67. The van der Waals surface area contributed by atoms with Gasteiger partial charge in [0.05, 0.1) is 12.6 Å². The molecule has 0 N–H and O–H groups in total. The zero-order valence-electron chi connectivity index (χ0n) is 13.6. The lowest BCUT2D eigenvalue weighted by atomic mass is 9.81. The minimum Gasteiger partial charge on any atom is -0.383 e. The van der Waals surface area contributed by atoms with E-state index in [1.54, 1.807) is 7.11 Å². The van der Waals surface area contributed by atoms with Crippen molar-refractivity contribution in [3.8, 4) is 0 Å². The normalized spacial score (nSPS) is 35.4. The van der Waals surface area contributed by atoms with E-state index < -0.39 is 0 Å². The highest BCUT2D eigenvalue weighted by molar-refractivity contribution is 5.87. The van der Waals surface area contributed by atoms with E-state index in [1.165, 1.54) is 25.7 Å². The maximum atomic E-state index is 12.6. The SMILES string of the molecule is CCC[C@H]1CC(=O)[C@@H](N2CCC[C@H]2COC)[C@H]1C(C)C. The third-order valence-electron chi connectivity index (χ3n) is 5.27. The summed E-state index contributed by atoms with van der Waals surface area (Å²) < 4.78 is 5.37. The molecule has 3 nitrogen and oxygen atoms in total. The molecule has 0 bridgehead atoms. The number of Topliss-reactive ketones (excluding diaryl/α,β-unsaturated/α-hetero) is 1. The van der Waals surface area contributed by atoms with Gasteiger partial charge in [-0.05, 0) is 43.6 Å². The Hall–Kier alpha value is -0.410. The standard InChI is InChI=1S/C17H31NO2/c1-5-7-13-10-15(19)17(16(13)12(2)3)18-9-6-8-14(18)11-20-4/h12-14,16-17H,5-11H2,1-4H3/t13-,14-,16-,17+/m0/s1. The topological polar surface area (TPSA) is 29.5 Å². The van der Waals surface area contributed by atoms with Crippen LogP contribution in [-0.2, 0) is 9.53 Å². The molecular weight excluding hydrogens is 250 g/mol. The predicted octanol–water partition coefficient (Wildman–Crippen LogP) is 3.13. The van der Waals surface area contributed by atoms with Crippen LogP contribution in [0.4, 0.5) is 0 Å². The monoisotopic (exact) mass is 281 g/mol. The fourth-order valence-electron chi connectivity index (χ4n) is 4.56. The molecule has 1 saturated heterocycles. The van der Waals surface area contributed by atoms with Crippen molar-refractivity contribution in [2.24, 2.45) is 17.8 Å². The highest BCUT2D eigenvalue weighted by Gasteiger charge is 2.48. The first-order chi connectivity index (χ1) is 9.60. The van der Waals surface area contributed by atoms with Crippen LogP contribution in [-0.4, -0.2) is 43.0 Å². The smallest absolute Gasteiger partial charge is 0.150 e. The van der Waals surface area contributed by atoms with E-state index >= 15 is 0 Å². The molecule has 0 aromatic heterocycles. The van der Waals surface area contributed by atoms with Gasteiger partial charge in [-0.1, -0.05) is 27.2 Å². The van der Waals surface area contributed by atoms with Gasteiger partial charge in [0.1, 0.15) is 0 Å². The number of hydrogen-bond acceptors (Lipinski definition) is 3.